The Balaban J connectivity index is 0.966. The fourth-order valence-corrected chi connectivity index (χ4v) is 9.24. The Kier molecular flexibility index (Phi) is 10.1. The molecule has 0 unspecified atom stereocenters. The zero-order valence-electron chi connectivity index (χ0n) is 36.4. The number of benzene rings is 9. The van der Waals surface area contributed by atoms with Crippen LogP contribution in [0.3, 0.4) is 0 Å². The highest BCUT2D eigenvalue weighted by atomic mass is 15.0. The molecule has 0 amide bonds. The summed E-state index contributed by atoms with van der Waals surface area (Å²) in [4.78, 5) is 19.9. The third-order valence-electron chi connectivity index (χ3n) is 12.5. The highest BCUT2D eigenvalue weighted by Crippen LogP contribution is 2.42. The number of aromatic nitrogens is 5. The van der Waals surface area contributed by atoms with E-state index in [-0.39, 0.29) is 0 Å². The first-order valence-corrected chi connectivity index (χ1v) is 22.5. The SMILES string of the molecule is c1ccc(-c2ccc3c(c2)c2cc(-c4ccccc4)ccc2n3-c2ccc(-c3c(-c4ccc(-c5nc(-c6ccccc6)nc(-c6ccccc6)n5)cc4)ccnc3-c3ccccc3)cc2)cc1. The minimum absolute atomic E-state index is 0.618. The highest BCUT2D eigenvalue weighted by molar-refractivity contribution is 6.11. The van der Waals surface area contributed by atoms with Gasteiger partial charge in [-0.15, -0.1) is 0 Å². The molecule has 3 aromatic heterocycles. The van der Waals surface area contributed by atoms with E-state index in [9.17, 15) is 0 Å². The van der Waals surface area contributed by atoms with Gasteiger partial charge in [0.15, 0.2) is 17.5 Å². The van der Waals surface area contributed by atoms with Crippen molar-refractivity contribution in [3.63, 3.8) is 0 Å². The van der Waals surface area contributed by atoms with Gasteiger partial charge in [0.25, 0.3) is 0 Å². The molecule has 0 bridgehead atoms. The lowest BCUT2D eigenvalue weighted by Gasteiger charge is -2.17. The summed E-state index contributed by atoms with van der Waals surface area (Å²) in [7, 11) is 0. The molecule has 5 heteroatoms. The van der Waals surface area contributed by atoms with Crippen LogP contribution in [-0.4, -0.2) is 24.5 Å². The van der Waals surface area contributed by atoms with Crippen LogP contribution in [-0.2, 0) is 0 Å². The fraction of sp³-hybridized carbons (Fsp3) is 0. The van der Waals surface area contributed by atoms with E-state index < -0.39 is 0 Å². The van der Waals surface area contributed by atoms with Gasteiger partial charge in [-0.05, 0) is 81.4 Å². The summed E-state index contributed by atoms with van der Waals surface area (Å²) >= 11 is 0. The molecule has 0 aliphatic carbocycles. The van der Waals surface area contributed by atoms with Gasteiger partial charge in [0.05, 0.1) is 16.7 Å². The van der Waals surface area contributed by atoms with Crippen LogP contribution < -0.4 is 0 Å². The van der Waals surface area contributed by atoms with Crippen LogP contribution in [0.2, 0.25) is 0 Å². The molecule has 0 atom stereocenters. The molecule has 9 aromatic carbocycles. The van der Waals surface area contributed by atoms with E-state index in [1.807, 2.05) is 72.9 Å². The van der Waals surface area contributed by atoms with Crippen molar-refractivity contribution < 1.29 is 0 Å². The maximum Gasteiger partial charge on any atom is 0.164 e. The van der Waals surface area contributed by atoms with E-state index in [2.05, 4.69) is 180 Å². The minimum Gasteiger partial charge on any atom is -0.309 e. The molecule has 0 aliphatic rings. The second kappa shape index (κ2) is 17.1. The Hall–Kier alpha value is -9.06. The van der Waals surface area contributed by atoms with Crippen molar-refractivity contribution in [3.05, 3.63) is 249 Å². The number of nitrogens with zero attached hydrogens (tertiary/aromatic N) is 5. The predicted octanol–water partition coefficient (Wildman–Crippen LogP) is 15.7. The maximum absolute atomic E-state index is 5.04. The predicted molar refractivity (Wildman–Crippen MR) is 275 cm³/mol. The number of rotatable bonds is 9. The molecule has 3 heterocycles. The second-order valence-electron chi connectivity index (χ2n) is 16.6. The average molecular weight is 856 g/mol. The van der Waals surface area contributed by atoms with Gasteiger partial charge in [-0.25, -0.2) is 15.0 Å². The summed E-state index contributed by atoms with van der Waals surface area (Å²) < 4.78 is 2.40. The Morgan fingerprint density at radius 3 is 1.12 bits per heavy atom. The summed E-state index contributed by atoms with van der Waals surface area (Å²) in [5.74, 6) is 1.89. The first-order valence-electron chi connectivity index (χ1n) is 22.5. The van der Waals surface area contributed by atoms with Gasteiger partial charge in [-0.1, -0.05) is 200 Å². The molecule has 0 radical (unpaired) electrons. The normalized spacial score (nSPS) is 11.3. The van der Waals surface area contributed by atoms with Crippen LogP contribution in [0.25, 0.3) is 117 Å². The molecule has 314 valence electrons. The van der Waals surface area contributed by atoms with Crippen LogP contribution in [0.5, 0.6) is 0 Å². The maximum atomic E-state index is 5.04. The molecule has 67 heavy (non-hydrogen) atoms. The second-order valence-corrected chi connectivity index (χ2v) is 16.6. The van der Waals surface area contributed by atoms with E-state index in [1.165, 1.54) is 33.0 Å². The van der Waals surface area contributed by atoms with Crippen molar-refractivity contribution in [1.29, 1.82) is 0 Å². The number of hydrogen-bond acceptors (Lipinski definition) is 4. The standard InChI is InChI=1S/C62H41N5/c1-6-16-42(17-7-1)50-32-36-56-54(40-50)55-41-51(43-18-8-2-9-19-43)33-37-57(55)67(56)52-34-30-45(31-35-52)58-53(38-39-63-59(58)46-20-10-3-11-21-46)44-26-28-49(29-27-44)62-65-60(47-22-12-4-13-23-47)64-61(66-62)48-24-14-5-15-25-48/h1-41H. The van der Waals surface area contributed by atoms with Crippen molar-refractivity contribution in [2.45, 2.75) is 0 Å². The van der Waals surface area contributed by atoms with E-state index in [1.54, 1.807) is 0 Å². The monoisotopic (exact) mass is 855 g/mol. The van der Waals surface area contributed by atoms with E-state index in [0.29, 0.717) is 17.5 Å². The lowest BCUT2D eigenvalue weighted by Crippen LogP contribution is -2.00. The van der Waals surface area contributed by atoms with E-state index >= 15 is 0 Å². The topological polar surface area (TPSA) is 56.5 Å². The summed E-state index contributed by atoms with van der Waals surface area (Å²) in [6.45, 7) is 0. The summed E-state index contributed by atoms with van der Waals surface area (Å²) in [6, 6.07) is 85.2. The summed E-state index contributed by atoms with van der Waals surface area (Å²) in [6.07, 6.45) is 1.92. The Morgan fingerprint density at radius 1 is 0.284 bits per heavy atom. The molecule has 0 saturated carbocycles. The first-order chi connectivity index (χ1) is 33.2. The molecular weight excluding hydrogens is 815 g/mol. The zero-order chi connectivity index (χ0) is 44.5. The molecule has 0 spiro atoms. The first kappa shape index (κ1) is 39.5. The van der Waals surface area contributed by atoms with Crippen molar-refractivity contribution in [2.24, 2.45) is 0 Å². The van der Waals surface area contributed by atoms with E-state index in [0.717, 1.165) is 66.9 Å². The summed E-state index contributed by atoms with van der Waals surface area (Å²) in [5.41, 5.74) is 17.2. The van der Waals surface area contributed by atoms with Crippen LogP contribution in [0.4, 0.5) is 0 Å². The summed E-state index contributed by atoms with van der Waals surface area (Å²) in [5, 5.41) is 2.43. The van der Waals surface area contributed by atoms with Gasteiger partial charge in [0, 0.05) is 50.5 Å². The van der Waals surface area contributed by atoms with Crippen LogP contribution in [0, 0.1) is 0 Å². The van der Waals surface area contributed by atoms with Crippen molar-refractivity contribution in [1.82, 2.24) is 24.5 Å². The lowest BCUT2D eigenvalue weighted by atomic mass is 9.90. The molecular formula is C62H41N5. The number of hydrogen-bond donors (Lipinski definition) is 0. The van der Waals surface area contributed by atoms with Crippen molar-refractivity contribution in [2.75, 3.05) is 0 Å². The molecule has 12 aromatic rings. The third-order valence-corrected chi connectivity index (χ3v) is 12.5. The van der Waals surface area contributed by atoms with Crippen molar-refractivity contribution in [3.8, 4) is 95.6 Å². The number of fused-ring (bicyclic) bond motifs is 3. The van der Waals surface area contributed by atoms with Gasteiger partial charge in [0.1, 0.15) is 0 Å². The minimum atomic E-state index is 0.618. The molecule has 0 fully saturated rings. The third kappa shape index (κ3) is 7.54. The smallest absolute Gasteiger partial charge is 0.164 e. The Bertz CT molecular complexity index is 3530. The molecule has 0 saturated heterocycles. The van der Waals surface area contributed by atoms with Gasteiger partial charge in [-0.3, -0.25) is 4.98 Å². The van der Waals surface area contributed by atoms with Gasteiger partial charge in [-0.2, -0.15) is 0 Å². The van der Waals surface area contributed by atoms with Crippen molar-refractivity contribution >= 4 is 21.8 Å². The molecule has 0 N–H and O–H groups in total. The van der Waals surface area contributed by atoms with Crippen LogP contribution in [0.15, 0.2) is 249 Å². The van der Waals surface area contributed by atoms with Gasteiger partial charge in [0.2, 0.25) is 0 Å². The Morgan fingerprint density at radius 2 is 0.657 bits per heavy atom. The lowest BCUT2D eigenvalue weighted by molar-refractivity contribution is 1.07. The van der Waals surface area contributed by atoms with Gasteiger partial charge >= 0.3 is 0 Å². The zero-order valence-corrected chi connectivity index (χ0v) is 36.4. The molecule has 0 aliphatic heterocycles. The van der Waals surface area contributed by atoms with Crippen LogP contribution >= 0.6 is 0 Å². The van der Waals surface area contributed by atoms with Gasteiger partial charge < -0.3 is 4.57 Å². The molecule has 5 nitrogen and oxygen atoms in total. The van der Waals surface area contributed by atoms with E-state index in [4.69, 9.17) is 19.9 Å². The average Bonchev–Trinajstić information content (AvgIpc) is 3.75. The highest BCUT2D eigenvalue weighted by Gasteiger charge is 2.19. The van der Waals surface area contributed by atoms with Crippen LogP contribution in [0.1, 0.15) is 0 Å². The largest absolute Gasteiger partial charge is 0.309 e. The fourth-order valence-electron chi connectivity index (χ4n) is 9.24. The Labute approximate surface area is 389 Å². The quantitative estimate of drug-likeness (QED) is 0.145. The number of pyridine rings is 1. The molecule has 12 rings (SSSR count).